The number of ether oxygens (including phenoxy) is 1. The molecule has 0 unspecified atom stereocenters. The van der Waals surface area contributed by atoms with E-state index in [1.807, 2.05) is 18.2 Å². The van der Waals surface area contributed by atoms with Crippen molar-refractivity contribution in [1.29, 1.82) is 0 Å². The van der Waals surface area contributed by atoms with E-state index in [1.165, 1.54) is 17.5 Å². The first-order chi connectivity index (χ1) is 5.90. The van der Waals surface area contributed by atoms with Gasteiger partial charge in [0.25, 0.3) is 0 Å². The molecule has 0 bridgehead atoms. The molecule has 2 rings (SSSR count). The van der Waals surface area contributed by atoms with Crippen LogP contribution in [0.5, 0.6) is 5.75 Å². The second-order valence-corrected chi connectivity index (χ2v) is 3.28. The van der Waals surface area contributed by atoms with E-state index < -0.39 is 0 Å². The van der Waals surface area contributed by atoms with Gasteiger partial charge >= 0.3 is 0 Å². The van der Waals surface area contributed by atoms with Gasteiger partial charge in [-0.15, -0.1) is 0 Å². The summed E-state index contributed by atoms with van der Waals surface area (Å²) < 4.78 is 8.36. The maximum absolute atomic E-state index is 5.16. The summed E-state index contributed by atoms with van der Waals surface area (Å²) in [4.78, 5) is 0. The number of rotatable bonds is 2. The van der Waals surface area contributed by atoms with E-state index in [0.717, 1.165) is 11.5 Å². The highest BCUT2D eigenvalue weighted by Gasteiger charge is 2.10. The first-order valence-corrected chi connectivity index (χ1v) is 4.67. The quantitative estimate of drug-likeness (QED) is 0.557. The molecule has 0 spiro atoms. The van der Waals surface area contributed by atoms with Gasteiger partial charge in [0.2, 0.25) is 0 Å². The van der Waals surface area contributed by atoms with Crippen LogP contribution in [0.4, 0.5) is 5.69 Å². The molecule has 0 aromatic heterocycles. The minimum Gasteiger partial charge on any atom is -0.466 e. The van der Waals surface area contributed by atoms with Crippen molar-refractivity contribution in [2.24, 2.45) is 0 Å². The fourth-order valence-corrected chi connectivity index (χ4v) is 1.97. The fraction of sp³-hybridized carbons (Fsp3) is 0.111. The van der Waals surface area contributed by atoms with Gasteiger partial charge in [0.15, 0.2) is 0 Å². The van der Waals surface area contributed by atoms with Crippen LogP contribution >= 0.6 is 11.9 Å². The van der Waals surface area contributed by atoms with Gasteiger partial charge in [0, 0.05) is 11.4 Å². The topological polar surface area (TPSA) is 21.3 Å². The molecule has 0 amide bonds. The second kappa shape index (κ2) is 3.11. The summed E-state index contributed by atoms with van der Waals surface area (Å²) in [5, 5.41) is 0. The standard InChI is InChI=1S/C9H9NOS/c1-2-11-8-3-4-9-7(5-8)6-12-10-9/h2-5,10H,1,6H2. The van der Waals surface area contributed by atoms with Crippen molar-refractivity contribution in [2.75, 3.05) is 4.72 Å². The lowest BCUT2D eigenvalue weighted by Crippen LogP contribution is -1.83. The van der Waals surface area contributed by atoms with E-state index in [2.05, 4.69) is 11.3 Å². The number of nitrogens with one attached hydrogen (secondary N) is 1. The highest BCUT2D eigenvalue weighted by Crippen LogP contribution is 2.33. The number of benzene rings is 1. The fourth-order valence-electron chi connectivity index (χ4n) is 1.15. The third-order valence-electron chi connectivity index (χ3n) is 1.71. The molecule has 0 saturated heterocycles. The third-order valence-corrected chi connectivity index (χ3v) is 2.53. The van der Waals surface area contributed by atoms with E-state index in [-0.39, 0.29) is 0 Å². The van der Waals surface area contributed by atoms with Crippen LogP contribution in [0.25, 0.3) is 0 Å². The van der Waals surface area contributed by atoms with Crippen molar-refractivity contribution >= 4 is 17.6 Å². The molecule has 0 aliphatic carbocycles. The van der Waals surface area contributed by atoms with E-state index in [4.69, 9.17) is 4.74 Å². The van der Waals surface area contributed by atoms with Crippen molar-refractivity contribution in [3.05, 3.63) is 36.6 Å². The van der Waals surface area contributed by atoms with Crippen LogP contribution in [-0.4, -0.2) is 0 Å². The summed E-state index contributed by atoms with van der Waals surface area (Å²) in [6, 6.07) is 5.98. The summed E-state index contributed by atoms with van der Waals surface area (Å²) in [6.07, 6.45) is 1.44. The largest absolute Gasteiger partial charge is 0.466 e. The molecule has 0 fully saturated rings. The van der Waals surface area contributed by atoms with Crippen LogP contribution in [0, 0.1) is 0 Å². The maximum Gasteiger partial charge on any atom is 0.126 e. The second-order valence-electron chi connectivity index (χ2n) is 2.49. The van der Waals surface area contributed by atoms with Crippen molar-refractivity contribution < 1.29 is 4.74 Å². The van der Waals surface area contributed by atoms with Gasteiger partial charge in [0.05, 0.1) is 6.26 Å². The Bertz CT molecular complexity index is 311. The summed E-state index contributed by atoms with van der Waals surface area (Å²) in [6.45, 7) is 3.51. The monoisotopic (exact) mass is 179 g/mol. The Kier molecular flexibility index (Phi) is 1.96. The molecule has 1 aliphatic rings. The van der Waals surface area contributed by atoms with Gasteiger partial charge in [-0.3, -0.25) is 0 Å². The van der Waals surface area contributed by atoms with Crippen molar-refractivity contribution in [3.8, 4) is 5.75 Å². The lowest BCUT2D eigenvalue weighted by atomic mass is 10.2. The van der Waals surface area contributed by atoms with Crippen LogP contribution in [0.2, 0.25) is 0 Å². The highest BCUT2D eigenvalue weighted by molar-refractivity contribution is 8.00. The van der Waals surface area contributed by atoms with Gasteiger partial charge in [-0.25, -0.2) is 0 Å². The minimum atomic E-state index is 0.855. The number of fused-ring (bicyclic) bond motifs is 1. The van der Waals surface area contributed by atoms with E-state index in [1.54, 1.807) is 11.9 Å². The molecule has 1 heterocycles. The summed E-state index contributed by atoms with van der Waals surface area (Å²) >= 11 is 1.70. The van der Waals surface area contributed by atoms with Gasteiger partial charge < -0.3 is 9.46 Å². The number of hydrogen-bond acceptors (Lipinski definition) is 3. The molecule has 1 aromatic rings. The zero-order valence-corrected chi connectivity index (χ0v) is 7.36. The zero-order valence-electron chi connectivity index (χ0n) is 6.54. The van der Waals surface area contributed by atoms with Crippen molar-refractivity contribution in [1.82, 2.24) is 0 Å². The Morgan fingerprint density at radius 3 is 3.33 bits per heavy atom. The molecule has 2 nitrogen and oxygen atoms in total. The molecule has 1 aliphatic heterocycles. The predicted octanol–water partition coefficient (Wildman–Crippen LogP) is 2.78. The van der Waals surface area contributed by atoms with Gasteiger partial charge in [-0.2, -0.15) is 0 Å². The zero-order chi connectivity index (χ0) is 8.39. The summed E-state index contributed by atoms with van der Waals surface area (Å²) in [7, 11) is 0. The lowest BCUT2D eigenvalue weighted by molar-refractivity contribution is 0.483. The lowest BCUT2D eigenvalue weighted by Gasteiger charge is -2.01. The average molecular weight is 179 g/mol. The molecule has 0 radical (unpaired) electrons. The van der Waals surface area contributed by atoms with Crippen molar-refractivity contribution in [2.45, 2.75) is 5.75 Å². The van der Waals surface area contributed by atoms with Gasteiger partial charge in [-0.1, -0.05) is 6.58 Å². The van der Waals surface area contributed by atoms with E-state index in [0.29, 0.717) is 0 Å². The van der Waals surface area contributed by atoms with E-state index >= 15 is 0 Å². The Balaban J connectivity index is 2.32. The molecule has 62 valence electrons. The van der Waals surface area contributed by atoms with Crippen LogP contribution in [0.1, 0.15) is 5.56 Å². The molecule has 3 heteroatoms. The van der Waals surface area contributed by atoms with Crippen LogP contribution in [-0.2, 0) is 5.75 Å². The SMILES string of the molecule is C=COc1ccc2c(c1)CSN2. The van der Waals surface area contributed by atoms with Crippen LogP contribution < -0.4 is 9.46 Å². The Morgan fingerprint density at radius 1 is 1.58 bits per heavy atom. The third kappa shape index (κ3) is 1.28. The molecule has 1 N–H and O–H groups in total. The first kappa shape index (κ1) is 7.55. The van der Waals surface area contributed by atoms with Crippen molar-refractivity contribution in [3.63, 3.8) is 0 Å². The molecule has 1 aromatic carbocycles. The van der Waals surface area contributed by atoms with Gasteiger partial charge in [-0.05, 0) is 35.7 Å². The smallest absolute Gasteiger partial charge is 0.126 e. The van der Waals surface area contributed by atoms with Gasteiger partial charge in [0.1, 0.15) is 5.75 Å². The molecular weight excluding hydrogens is 170 g/mol. The van der Waals surface area contributed by atoms with Crippen LogP contribution in [0.15, 0.2) is 31.0 Å². The predicted molar refractivity (Wildman–Crippen MR) is 52.2 cm³/mol. The average Bonchev–Trinajstić information content (AvgIpc) is 2.51. The number of anilines is 1. The maximum atomic E-state index is 5.16. The molecular formula is C9H9NOS. The first-order valence-electron chi connectivity index (χ1n) is 3.68. The Hall–Kier alpha value is -1.09. The van der Waals surface area contributed by atoms with Crippen LogP contribution in [0.3, 0.4) is 0 Å². The Labute approximate surface area is 75.8 Å². The normalized spacial score (nSPS) is 13.3. The molecule has 12 heavy (non-hydrogen) atoms. The minimum absolute atomic E-state index is 0.855. The summed E-state index contributed by atoms with van der Waals surface area (Å²) in [5.74, 6) is 1.86. The summed E-state index contributed by atoms with van der Waals surface area (Å²) in [5.41, 5.74) is 2.48. The number of hydrogen-bond donors (Lipinski definition) is 1. The Morgan fingerprint density at radius 2 is 2.50 bits per heavy atom. The molecule has 0 saturated carbocycles. The highest BCUT2D eigenvalue weighted by atomic mass is 32.2. The molecule has 0 atom stereocenters. The van der Waals surface area contributed by atoms with E-state index in [9.17, 15) is 0 Å².